The number of likely N-dealkylation sites (N-methyl/N-ethyl adjacent to an activating group) is 1. The van der Waals surface area contributed by atoms with Crippen molar-refractivity contribution in [1.82, 2.24) is 15.6 Å². The number of amides is 2. The number of thiazole rings is 1. The third-order valence-corrected chi connectivity index (χ3v) is 6.70. The van der Waals surface area contributed by atoms with E-state index in [0.29, 0.717) is 22.8 Å². The SMILES string of the molecule is CNC(=O)C(Cc1ccc(-c2csc(Nc3ccccc3)n2)cc1)NC(=O)c1ccc(OC(C)C)c(Cl)c1. The van der Waals surface area contributed by atoms with Crippen LogP contribution in [-0.4, -0.2) is 36.0 Å². The lowest BCUT2D eigenvalue weighted by atomic mass is 10.0. The fourth-order valence-electron chi connectivity index (χ4n) is 3.77. The largest absolute Gasteiger partial charge is 0.489 e. The van der Waals surface area contributed by atoms with Gasteiger partial charge in [0, 0.05) is 35.7 Å². The number of rotatable bonds is 10. The Balaban J connectivity index is 1.42. The molecule has 4 aromatic rings. The average molecular weight is 549 g/mol. The average Bonchev–Trinajstić information content (AvgIpc) is 3.38. The lowest BCUT2D eigenvalue weighted by molar-refractivity contribution is -0.122. The molecule has 3 aromatic carbocycles. The zero-order valence-electron chi connectivity index (χ0n) is 21.3. The van der Waals surface area contributed by atoms with Crippen LogP contribution >= 0.6 is 22.9 Å². The van der Waals surface area contributed by atoms with Crippen molar-refractivity contribution in [2.75, 3.05) is 12.4 Å². The molecule has 0 saturated carbocycles. The number of para-hydroxylation sites is 1. The number of hydrogen-bond acceptors (Lipinski definition) is 6. The smallest absolute Gasteiger partial charge is 0.251 e. The van der Waals surface area contributed by atoms with E-state index in [1.54, 1.807) is 25.2 Å². The lowest BCUT2D eigenvalue weighted by Crippen LogP contribution is -2.47. The molecule has 1 atom stereocenters. The van der Waals surface area contributed by atoms with Gasteiger partial charge in [-0.05, 0) is 49.7 Å². The van der Waals surface area contributed by atoms with Crippen LogP contribution < -0.4 is 20.7 Å². The van der Waals surface area contributed by atoms with Crippen LogP contribution in [0.25, 0.3) is 11.3 Å². The maximum absolute atomic E-state index is 12.9. The monoisotopic (exact) mass is 548 g/mol. The summed E-state index contributed by atoms with van der Waals surface area (Å²) in [6, 6.07) is 21.8. The number of hydrogen-bond donors (Lipinski definition) is 3. The molecule has 7 nitrogen and oxygen atoms in total. The Labute approximate surface area is 231 Å². The lowest BCUT2D eigenvalue weighted by Gasteiger charge is -2.18. The van der Waals surface area contributed by atoms with Crippen LogP contribution in [0.5, 0.6) is 5.75 Å². The number of halogens is 1. The summed E-state index contributed by atoms with van der Waals surface area (Å²) in [6.07, 6.45) is 0.283. The second kappa shape index (κ2) is 12.6. The molecular weight excluding hydrogens is 520 g/mol. The predicted molar refractivity (Wildman–Crippen MR) is 154 cm³/mol. The molecule has 0 aliphatic carbocycles. The highest BCUT2D eigenvalue weighted by Crippen LogP contribution is 2.28. The minimum Gasteiger partial charge on any atom is -0.489 e. The van der Waals surface area contributed by atoms with E-state index in [2.05, 4.69) is 20.9 Å². The van der Waals surface area contributed by atoms with Gasteiger partial charge in [-0.15, -0.1) is 11.3 Å². The molecule has 0 fully saturated rings. The maximum Gasteiger partial charge on any atom is 0.251 e. The molecule has 196 valence electrons. The summed E-state index contributed by atoms with van der Waals surface area (Å²) in [5.74, 6) is -0.178. The number of ether oxygens (including phenoxy) is 1. The molecule has 38 heavy (non-hydrogen) atoms. The molecule has 0 aliphatic rings. The second-order valence-electron chi connectivity index (χ2n) is 8.88. The van der Waals surface area contributed by atoms with Gasteiger partial charge in [0.05, 0.1) is 16.8 Å². The molecule has 0 radical (unpaired) electrons. The number of benzene rings is 3. The molecule has 2 amide bonds. The third kappa shape index (κ3) is 7.12. The third-order valence-electron chi connectivity index (χ3n) is 5.64. The summed E-state index contributed by atoms with van der Waals surface area (Å²) in [4.78, 5) is 30.2. The van der Waals surface area contributed by atoms with Gasteiger partial charge in [0.15, 0.2) is 5.13 Å². The summed E-state index contributed by atoms with van der Waals surface area (Å²) in [6.45, 7) is 3.80. The quantitative estimate of drug-likeness (QED) is 0.223. The Hall–Kier alpha value is -3.88. The maximum atomic E-state index is 12.9. The van der Waals surface area contributed by atoms with Crippen LogP contribution in [-0.2, 0) is 11.2 Å². The number of carbonyl (C=O) groups is 2. The van der Waals surface area contributed by atoms with Gasteiger partial charge in [-0.2, -0.15) is 0 Å². The van der Waals surface area contributed by atoms with Crippen LogP contribution in [0, 0.1) is 0 Å². The van der Waals surface area contributed by atoms with Crippen molar-refractivity contribution < 1.29 is 14.3 Å². The number of carbonyl (C=O) groups excluding carboxylic acids is 2. The zero-order valence-corrected chi connectivity index (χ0v) is 22.9. The first-order valence-corrected chi connectivity index (χ1v) is 13.4. The number of aromatic nitrogens is 1. The Morgan fingerprint density at radius 1 is 1.03 bits per heavy atom. The van der Waals surface area contributed by atoms with Crippen molar-refractivity contribution in [2.24, 2.45) is 0 Å². The predicted octanol–water partition coefficient (Wildman–Crippen LogP) is 6.08. The highest BCUT2D eigenvalue weighted by Gasteiger charge is 2.22. The van der Waals surface area contributed by atoms with Gasteiger partial charge in [-0.25, -0.2) is 4.98 Å². The van der Waals surface area contributed by atoms with E-state index in [-0.39, 0.29) is 12.0 Å². The molecule has 0 aliphatic heterocycles. The minimum atomic E-state index is -0.760. The molecule has 1 heterocycles. The van der Waals surface area contributed by atoms with E-state index < -0.39 is 11.9 Å². The van der Waals surface area contributed by atoms with E-state index in [1.165, 1.54) is 11.3 Å². The van der Waals surface area contributed by atoms with Gasteiger partial charge < -0.3 is 20.7 Å². The molecule has 0 bridgehead atoms. The molecule has 0 spiro atoms. The molecule has 9 heteroatoms. The summed E-state index contributed by atoms with van der Waals surface area (Å²) in [5, 5.41) is 11.9. The van der Waals surface area contributed by atoms with E-state index in [0.717, 1.165) is 27.6 Å². The van der Waals surface area contributed by atoms with Crippen LogP contribution in [0.4, 0.5) is 10.8 Å². The Kier molecular flexibility index (Phi) is 8.99. The van der Waals surface area contributed by atoms with Gasteiger partial charge in [0.25, 0.3) is 5.91 Å². The fraction of sp³-hybridized carbons (Fsp3) is 0.207. The molecular formula is C29H29ClN4O3S. The summed E-state index contributed by atoms with van der Waals surface area (Å²) < 4.78 is 5.63. The van der Waals surface area contributed by atoms with Gasteiger partial charge >= 0.3 is 0 Å². The minimum absolute atomic E-state index is 0.0419. The first-order valence-electron chi connectivity index (χ1n) is 12.2. The van der Waals surface area contributed by atoms with Gasteiger partial charge in [0.2, 0.25) is 5.91 Å². The summed E-state index contributed by atoms with van der Waals surface area (Å²) in [7, 11) is 1.54. The van der Waals surface area contributed by atoms with Crippen molar-refractivity contribution in [3.05, 3.63) is 94.3 Å². The number of anilines is 2. The Morgan fingerprint density at radius 3 is 2.42 bits per heavy atom. The fourth-order valence-corrected chi connectivity index (χ4v) is 4.74. The van der Waals surface area contributed by atoms with E-state index >= 15 is 0 Å². The van der Waals surface area contributed by atoms with Crippen LogP contribution in [0.3, 0.4) is 0 Å². The molecule has 1 aromatic heterocycles. The Bertz CT molecular complexity index is 1390. The van der Waals surface area contributed by atoms with Gasteiger partial charge in [0.1, 0.15) is 11.8 Å². The Morgan fingerprint density at radius 2 is 1.76 bits per heavy atom. The molecule has 4 rings (SSSR count). The highest BCUT2D eigenvalue weighted by atomic mass is 35.5. The first kappa shape index (κ1) is 27.2. The van der Waals surface area contributed by atoms with E-state index in [4.69, 9.17) is 16.3 Å². The second-order valence-corrected chi connectivity index (χ2v) is 10.1. The van der Waals surface area contributed by atoms with Crippen LogP contribution in [0.1, 0.15) is 29.8 Å². The molecule has 3 N–H and O–H groups in total. The van der Waals surface area contributed by atoms with Crippen LogP contribution in [0.2, 0.25) is 5.02 Å². The first-order chi connectivity index (χ1) is 18.3. The number of nitrogens with one attached hydrogen (secondary N) is 3. The topological polar surface area (TPSA) is 92.4 Å². The zero-order chi connectivity index (χ0) is 27.1. The number of nitrogens with zero attached hydrogens (tertiary/aromatic N) is 1. The molecule has 1 unspecified atom stereocenters. The van der Waals surface area contributed by atoms with E-state index in [1.807, 2.05) is 73.8 Å². The van der Waals surface area contributed by atoms with Crippen molar-refractivity contribution in [1.29, 1.82) is 0 Å². The summed E-state index contributed by atoms with van der Waals surface area (Å²) >= 11 is 7.82. The van der Waals surface area contributed by atoms with Gasteiger partial charge in [-0.3, -0.25) is 9.59 Å². The van der Waals surface area contributed by atoms with Crippen LogP contribution in [0.15, 0.2) is 78.2 Å². The van der Waals surface area contributed by atoms with Crippen molar-refractivity contribution in [3.63, 3.8) is 0 Å². The van der Waals surface area contributed by atoms with Crippen molar-refractivity contribution >= 4 is 45.6 Å². The van der Waals surface area contributed by atoms with Crippen molar-refractivity contribution in [3.8, 4) is 17.0 Å². The summed E-state index contributed by atoms with van der Waals surface area (Å²) in [5.41, 5.74) is 4.05. The highest BCUT2D eigenvalue weighted by molar-refractivity contribution is 7.14. The molecule has 0 saturated heterocycles. The van der Waals surface area contributed by atoms with E-state index in [9.17, 15) is 9.59 Å². The standard InChI is InChI=1S/C29H29ClN4O3S/c1-18(2)37-26-14-13-21(16-23(26)30)27(35)33-24(28(36)31-3)15-19-9-11-20(12-10-19)25-17-38-29(34-25)32-22-7-5-4-6-8-22/h4-14,16-18,24H,15H2,1-3H3,(H,31,36)(H,32,34)(H,33,35). The van der Waals surface area contributed by atoms with Crippen molar-refractivity contribution in [2.45, 2.75) is 32.4 Å². The van der Waals surface area contributed by atoms with Gasteiger partial charge in [-0.1, -0.05) is 54.1 Å². The normalized spacial score (nSPS) is 11.6.